The molecule has 0 unspecified atom stereocenters. The maximum absolute atomic E-state index is 12.6. The fourth-order valence-corrected chi connectivity index (χ4v) is 4.13. The van der Waals surface area contributed by atoms with Gasteiger partial charge in [0.2, 0.25) is 10.0 Å². The Morgan fingerprint density at radius 1 is 1.06 bits per heavy atom. The van der Waals surface area contributed by atoms with E-state index >= 15 is 0 Å². The van der Waals surface area contributed by atoms with Gasteiger partial charge in [0.1, 0.15) is 0 Å². The predicted octanol–water partition coefficient (Wildman–Crippen LogP) is 3.97. The topological polar surface area (TPSA) is 114 Å². The number of halogens is 2. The molecule has 0 atom stereocenters. The van der Waals surface area contributed by atoms with Crippen LogP contribution in [0.4, 0.5) is 5.82 Å². The molecule has 2 N–H and O–H groups in total. The van der Waals surface area contributed by atoms with Crippen LogP contribution in [-0.2, 0) is 26.1 Å². The fraction of sp³-hybridized carbons (Fsp3) is 0.136. The van der Waals surface area contributed by atoms with Crippen LogP contribution < -0.4 is 10.0 Å². The Balaban J connectivity index is 1.61. The van der Waals surface area contributed by atoms with E-state index in [1.807, 2.05) is 6.07 Å². The van der Waals surface area contributed by atoms with E-state index in [1.54, 1.807) is 31.2 Å². The Hall–Kier alpha value is -2.98. The molecule has 33 heavy (non-hydrogen) atoms. The number of nitrogens with zero attached hydrogens (tertiary/aromatic N) is 1. The van der Waals surface area contributed by atoms with Crippen LogP contribution in [-0.4, -0.2) is 31.9 Å². The largest absolute Gasteiger partial charge is 0.452 e. The highest BCUT2D eigenvalue weighted by atomic mass is 35.5. The highest BCUT2D eigenvalue weighted by Crippen LogP contribution is 2.28. The minimum absolute atomic E-state index is 0.0242. The van der Waals surface area contributed by atoms with Crippen molar-refractivity contribution < 1.29 is 22.7 Å². The molecule has 3 aromatic rings. The number of anilines is 1. The van der Waals surface area contributed by atoms with Crippen molar-refractivity contribution in [1.82, 2.24) is 9.71 Å². The first-order valence-electron chi connectivity index (χ1n) is 9.58. The average molecular weight is 508 g/mol. The first-order chi connectivity index (χ1) is 15.7. The lowest BCUT2D eigenvalue weighted by Gasteiger charge is -2.10. The molecule has 0 fully saturated rings. The summed E-state index contributed by atoms with van der Waals surface area (Å²) in [6.07, 6.45) is 1.34. The monoisotopic (exact) mass is 507 g/mol. The number of pyridine rings is 1. The van der Waals surface area contributed by atoms with Crippen molar-refractivity contribution in [3.05, 3.63) is 87.5 Å². The van der Waals surface area contributed by atoms with Gasteiger partial charge in [0.05, 0.1) is 20.5 Å². The van der Waals surface area contributed by atoms with Gasteiger partial charge in [-0.15, -0.1) is 0 Å². The summed E-state index contributed by atoms with van der Waals surface area (Å²) in [5.74, 6) is -1.46. The van der Waals surface area contributed by atoms with Gasteiger partial charge in [-0.1, -0.05) is 59.6 Å². The molecule has 0 bridgehead atoms. The number of hydrogen-bond donors (Lipinski definition) is 2. The highest BCUT2D eigenvalue weighted by Gasteiger charge is 2.18. The molecule has 0 saturated heterocycles. The zero-order valence-electron chi connectivity index (χ0n) is 17.3. The van der Waals surface area contributed by atoms with Crippen LogP contribution in [0.25, 0.3) is 0 Å². The van der Waals surface area contributed by atoms with Gasteiger partial charge in [0.15, 0.2) is 12.4 Å². The van der Waals surface area contributed by atoms with E-state index < -0.39 is 28.5 Å². The number of rotatable bonds is 8. The molecule has 1 aromatic heterocycles. The maximum atomic E-state index is 12.6. The molecule has 0 aliphatic rings. The van der Waals surface area contributed by atoms with Gasteiger partial charge < -0.3 is 10.1 Å². The smallest absolute Gasteiger partial charge is 0.338 e. The molecular formula is C22H19Cl2N3O5S. The Morgan fingerprint density at radius 3 is 2.52 bits per heavy atom. The van der Waals surface area contributed by atoms with Crippen molar-refractivity contribution in [1.29, 1.82) is 0 Å². The number of carbonyl (C=O) groups is 2. The van der Waals surface area contributed by atoms with Crippen molar-refractivity contribution in [2.45, 2.75) is 18.4 Å². The molecule has 172 valence electrons. The minimum Gasteiger partial charge on any atom is -0.452 e. The lowest BCUT2D eigenvalue weighted by molar-refractivity contribution is -0.119. The van der Waals surface area contributed by atoms with E-state index in [1.165, 1.54) is 30.5 Å². The minimum atomic E-state index is -3.87. The van der Waals surface area contributed by atoms with Crippen LogP contribution in [0, 0.1) is 6.92 Å². The average Bonchev–Trinajstić information content (AvgIpc) is 2.82. The summed E-state index contributed by atoms with van der Waals surface area (Å²) in [5.41, 5.74) is 1.30. The second-order valence-corrected chi connectivity index (χ2v) is 9.41. The van der Waals surface area contributed by atoms with Gasteiger partial charge in [-0.2, -0.15) is 0 Å². The first kappa shape index (κ1) is 24.7. The van der Waals surface area contributed by atoms with Crippen LogP contribution in [0.5, 0.6) is 0 Å². The first-order valence-corrected chi connectivity index (χ1v) is 11.8. The lowest BCUT2D eigenvalue weighted by Crippen LogP contribution is -2.24. The molecule has 0 spiro atoms. The summed E-state index contributed by atoms with van der Waals surface area (Å²) < 4.78 is 32.6. The number of nitrogens with one attached hydrogen (secondary N) is 2. The van der Waals surface area contributed by atoms with Gasteiger partial charge in [-0.05, 0) is 36.2 Å². The number of aromatic nitrogens is 1. The number of esters is 1. The summed E-state index contributed by atoms with van der Waals surface area (Å²) in [6.45, 7) is 1.14. The highest BCUT2D eigenvalue weighted by molar-refractivity contribution is 7.89. The van der Waals surface area contributed by atoms with Crippen molar-refractivity contribution in [2.75, 3.05) is 11.9 Å². The second-order valence-electron chi connectivity index (χ2n) is 6.86. The summed E-state index contributed by atoms with van der Waals surface area (Å²) in [6, 6.07) is 14.3. The van der Waals surface area contributed by atoms with Gasteiger partial charge in [0.25, 0.3) is 5.91 Å². The molecule has 11 heteroatoms. The van der Waals surface area contributed by atoms with E-state index in [4.69, 9.17) is 27.9 Å². The maximum Gasteiger partial charge on any atom is 0.338 e. The Kier molecular flexibility index (Phi) is 8.04. The summed E-state index contributed by atoms with van der Waals surface area (Å²) >= 11 is 12.0. The molecule has 0 saturated carbocycles. The molecule has 1 heterocycles. The standard InChI is InChI=1S/C22H19Cl2N3O5S/c1-14-18(23)12-25-21(20(14)24)27-19(28)13-32-22(29)16-8-5-9-17(10-16)33(30,31)26-11-15-6-3-2-4-7-15/h2-10,12,26H,11,13H2,1H3,(H,25,27,28). The van der Waals surface area contributed by atoms with E-state index in [2.05, 4.69) is 15.0 Å². The number of benzene rings is 2. The predicted molar refractivity (Wildman–Crippen MR) is 125 cm³/mol. The summed E-state index contributed by atoms with van der Waals surface area (Å²) in [5, 5.41) is 2.94. The van der Waals surface area contributed by atoms with Gasteiger partial charge in [-0.3, -0.25) is 4.79 Å². The lowest BCUT2D eigenvalue weighted by atomic mass is 10.2. The zero-order valence-corrected chi connectivity index (χ0v) is 19.7. The molecule has 3 rings (SSSR count). The number of sulfonamides is 1. The van der Waals surface area contributed by atoms with Crippen molar-refractivity contribution >= 4 is 50.9 Å². The fourth-order valence-electron chi connectivity index (χ4n) is 2.67. The van der Waals surface area contributed by atoms with Gasteiger partial charge in [-0.25, -0.2) is 22.9 Å². The third-order valence-electron chi connectivity index (χ3n) is 4.48. The number of carbonyl (C=O) groups excluding carboxylic acids is 2. The summed E-state index contributed by atoms with van der Waals surface area (Å²) in [7, 11) is -3.87. The van der Waals surface area contributed by atoms with Crippen molar-refractivity contribution in [3.63, 3.8) is 0 Å². The molecule has 8 nitrogen and oxygen atoms in total. The van der Waals surface area contributed by atoms with Crippen LogP contribution in [0.3, 0.4) is 0 Å². The van der Waals surface area contributed by atoms with E-state index in [9.17, 15) is 18.0 Å². The Morgan fingerprint density at radius 2 is 1.79 bits per heavy atom. The van der Waals surface area contributed by atoms with E-state index in [0.29, 0.717) is 10.6 Å². The second kappa shape index (κ2) is 10.8. The van der Waals surface area contributed by atoms with Crippen LogP contribution in [0.15, 0.2) is 65.7 Å². The molecular weight excluding hydrogens is 489 g/mol. The van der Waals surface area contributed by atoms with Gasteiger partial charge in [0, 0.05) is 12.7 Å². The van der Waals surface area contributed by atoms with Crippen LogP contribution in [0.2, 0.25) is 10.0 Å². The summed E-state index contributed by atoms with van der Waals surface area (Å²) in [4.78, 5) is 28.3. The molecule has 2 aromatic carbocycles. The molecule has 0 radical (unpaired) electrons. The number of amides is 1. The number of ether oxygens (including phenoxy) is 1. The van der Waals surface area contributed by atoms with Crippen LogP contribution >= 0.6 is 23.2 Å². The zero-order chi connectivity index (χ0) is 24.0. The molecule has 1 amide bonds. The van der Waals surface area contributed by atoms with Crippen LogP contribution in [0.1, 0.15) is 21.5 Å². The van der Waals surface area contributed by atoms with E-state index in [0.717, 1.165) is 5.56 Å². The third kappa shape index (κ3) is 6.52. The van der Waals surface area contributed by atoms with Gasteiger partial charge >= 0.3 is 5.97 Å². The third-order valence-corrected chi connectivity index (χ3v) is 6.73. The Bertz CT molecular complexity index is 1280. The van der Waals surface area contributed by atoms with Crippen molar-refractivity contribution in [2.24, 2.45) is 0 Å². The number of hydrogen-bond acceptors (Lipinski definition) is 6. The van der Waals surface area contributed by atoms with Crippen molar-refractivity contribution in [3.8, 4) is 0 Å². The van der Waals surface area contributed by atoms with E-state index in [-0.39, 0.29) is 27.8 Å². The molecule has 0 aliphatic carbocycles. The Labute approximate surface area is 200 Å². The SMILES string of the molecule is Cc1c(Cl)cnc(NC(=O)COC(=O)c2cccc(S(=O)(=O)NCc3ccccc3)c2)c1Cl. The molecule has 0 aliphatic heterocycles. The quantitative estimate of drug-likeness (QED) is 0.445. The normalized spacial score (nSPS) is 11.1.